The summed E-state index contributed by atoms with van der Waals surface area (Å²) < 4.78 is 64.9. The minimum Gasteiger partial charge on any atom is -0.499 e. The molecule has 0 N–H and O–H groups in total. The van der Waals surface area contributed by atoms with Gasteiger partial charge in [-0.15, -0.1) is 0 Å². The summed E-state index contributed by atoms with van der Waals surface area (Å²) in [6.07, 6.45) is 1.40. The molecule has 1 aromatic rings. The van der Waals surface area contributed by atoms with Crippen LogP contribution in [0.15, 0.2) is 43.2 Å². The van der Waals surface area contributed by atoms with E-state index in [1.54, 1.807) is 0 Å². The Morgan fingerprint density at radius 2 is 0.619 bits per heavy atom. The first-order chi connectivity index (χ1) is 20.9. The van der Waals surface area contributed by atoms with E-state index in [1.807, 2.05) is 30.3 Å². The third-order valence-corrected chi connectivity index (χ3v) is 5.05. The second-order valence-corrected chi connectivity index (χ2v) is 8.32. The van der Waals surface area contributed by atoms with Gasteiger partial charge in [0, 0.05) is 0 Å². The molecule has 244 valence electrons. The highest BCUT2D eigenvalue weighted by atomic mass is 16.6. The van der Waals surface area contributed by atoms with E-state index in [1.165, 1.54) is 6.26 Å². The Hall–Kier alpha value is -1.84. The number of para-hydroxylation sites is 1. The summed E-state index contributed by atoms with van der Waals surface area (Å²) in [5.41, 5.74) is 0. The van der Waals surface area contributed by atoms with E-state index in [9.17, 15) is 0 Å². The maximum Gasteiger partial charge on any atom is 0.119 e. The monoisotopic (exact) mass is 604 g/mol. The van der Waals surface area contributed by atoms with Crippen LogP contribution in [0.2, 0.25) is 0 Å². The van der Waals surface area contributed by atoms with E-state index >= 15 is 0 Å². The van der Waals surface area contributed by atoms with Crippen LogP contribution in [0, 0.1) is 0 Å². The van der Waals surface area contributed by atoms with E-state index in [2.05, 4.69) is 6.58 Å². The molecular weight excluding hydrogens is 552 g/mol. The van der Waals surface area contributed by atoms with Crippen molar-refractivity contribution in [3.63, 3.8) is 0 Å². The molecule has 0 spiro atoms. The summed E-state index contributed by atoms with van der Waals surface area (Å²) >= 11 is 0. The molecule has 0 aromatic heterocycles. The van der Waals surface area contributed by atoms with Gasteiger partial charge < -0.3 is 56.8 Å². The molecule has 12 heteroatoms. The Morgan fingerprint density at radius 1 is 0.357 bits per heavy atom. The molecule has 0 bridgehead atoms. The molecule has 0 atom stereocenters. The quantitative estimate of drug-likeness (QED) is 0.0838. The number of benzene rings is 1. The fourth-order valence-electron chi connectivity index (χ4n) is 3.01. The van der Waals surface area contributed by atoms with E-state index < -0.39 is 0 Å². The van der Waals surface area contributed by atoms with E-state index in [0.29, 0.717) is 145 Å². The fourth-order valence-corrected chi connectivity index (χ4v) is 3.01. The van der Waals surface area contributed by atoms with E-state index in [4.69, 9.17) is 56.8 Å². The van der Waals surface area contributed by atoms with Crippen molar-refractivity contribution in [1.29, 1.82) is 0 Å². The van der Waals surface area contributed by atoms with Gasteiger partial charge in [-0.3, -0.25) is 0 Å². The molecule has 0 saturated heterocycles. The van der Waals surface area contributed by atoms with Crippen LogP contribution in [0.5, 0.6) is 5.75 Å². The third-order valence-electron chi connectivity index (χ3n) is 5.05. The first kappa shape index (κ1) is 38.2. The maximum atomic E-state index is 5.55. The standard InChI is InChI=1S/C30H52O12/c1-2-31-8-9-32-10-11-33-12-13-34-14-15-35-16-17-36-18-19-37-20-21-38-22-23-39-24-25-40-26-27-41-28-29-42-30-6-4-3-5-7-30/h2-7H,1,8-29H2. The number of hydrogen-bond acceptors (Lipinski definition) is 12. The van der Waals surface area contributed by atoms with Crippen LogP contribution in [-0.2, 0) is 52.1 Å². The van der Waals surface area contributed by atoms with Gasteiger partial charge in [0.1, 0.15) is 19.0 Å². The molecule has 0 aliphatic rings. The van der Waals surface area contributed by atoms with E-state index in [0.717, 1.165) is 5.75 Å². The smallest absolute Gasteiger partial charge is 0.119 e. The van der Waals surface area contributed by atoms with Gasteiger partial charge in [-0.25, -0.2) is 0 Å². The first-order valence-corrected chi connectivity index (χ1v) is 14.6. The van der Waals surface area contributed by atoms with Crippen molar-refractivity contribution in [1.82, 2.24) is 0 Å². The van der Waals surface area contributed by atoms with Crippen molar-refractivity contribution in [3.8, 4) is 5.75 Å². The van der Waals surface area contributed by atoms with Crippen LogP contribution < -0.4 is 4.74 Å². The molecule has 0 radical (unpaired) electrons. The molecule has 0 unspecified atom stereocenters. The lowest BCUT2D eigenvalue weighted by Crippen LogP contribution is -2.15. The molecule has 42 heavy (non-hydrogen) atoms. The van der Waals surface area contributed by atoms with Crippen molar-refractivity contribution in [3.05, 3.63) is 43.2 Å². The van der Waals surface area contributed by atoms with Gasteiger partial charge in [0.25, 0.3) is 0 Å². The lowest BCUT2D eigenvalue weighted by Gasteiger charge is -2.09. The zero-order valence-electron chi connectivity index (χ0n) is 25.1. The van der Waals surface area contributed by atoms with Crippen LogP contribution in [0.4, 0.5) is 0 Å². The summed E-state index contributed by atoms with van der Waals surface area (Å²) in [4.78, 5) is 0. The normalized spacial score (nSPS) is 11.1. The second kappa shape index (κ2) is 33.7. The third kappa shape index (κ3) is 29.6. The highest BCUT2D eigenvalue weighted by Gasteiger charge is 1.96. The van der Waals surface area contributed by atoms with Gasteiger partial charge in [-0.2, -0.15) is 0 Å². The van der Waals surface area contributed by atoms with Crippen molar-refractivity contribution in [2.24, 2.45) is 0 Å². The Morgan fingerprint density at radius 3 is 0.905 bits per heavy atom. The summed E-state index contributed by atoms with van der Waals surface area (Å²) in [6, 6.07) is 9.67. The van der Waals surface area contributed by atoms with Gasteiger partial charge in [0.15, 0.2) is 0 Å². The van der Waals surface area contributed by atoms with Gasteiger partial charge in [0.05, 0.1) is 138 Å². The maximum absolute atomic E-state index is 5.55. The van der Waals surface area contributed by atoms with Crippen LogP contribution in [-0.4, -0.2) is 145 Å². The summed E-state index contributed by atoms with van der Waals surface area (Å²) in [6.45, 7) is 14.9. The lowest BCUT2D eigenvalue weighted by atomic mass is 10.3. The minimum absolute atomic E-state index is 0.502. The highest BCUT2D eigenvalue weighted by molar-refractivity contribution is 5.20. The topological polar surface area (TPSA) is 111 Å². The second-order valence-electron chi connectivity index (χ2n) is 8.32. The molecule has 12 nitrogen and oxygen atoms in total. The molecule has 0 aliphatic heterocycles. The fraction of sp³-hybridized carbons (Fsp3) is 0.733. The summed E-state index contributed by atoms with van der Waals surface area (Å²) in [5.74, 6) is 0.844. The molecule has 1 aromatic carbocycles. The van der Waals surface area contributed by atoms with Crippen LogP contribution in [0.1, 0.15) is 0 Å². The molecule has 0 aliphatic carbocycles. The van der Waals surface area contributed by atoms with Crippen molar-refractivity contribution in [2.45, 2.75) is 0 Å². The van der Waals surface area contributed by atoms with Gasteiger partial charge in [0.2, 0.25) is 0 Å². The molecule has 0 amide bonds. The summed E-state index contributed by atoms with van der Waals surface area (Å²) in [7, 11) is 0. The molecule has 0 saturated carbocycles. The number of rotatable bonds is 35. The Balaban J connectivity index is 1.61. The van der Waals surface area contributed by atoms with Crippen LogP contribution in [0.25, 0.3) is 0 Å². The van der Waals surface area contributed by atoms with E-state index in [-0.39, 0.29) is 0 Å². The zero-order valence-corrected chi connectivity index (χ0v) is 25.1. The SMILES string of the molecule is C=COCCOCCOCCOCCOCCOCCOCCOCCOCCOCCOCCOc1ccccc1. The van der Waals surface area contributed by atoms with Crippen molar-refractivity contribution < 1.29 is 56.8 Å². The average molecular weight is 605 g/mol. The first-order valence-electron chi connectivity index (χ1n) is 14.6. The predicted octanol–water partition coefficient (Wildman–Crippen LogP) is 2.39. The van der Waals surface area contributed by atoms with Crippen molar-refractivity contribution >= 4 is 0 Å². The number of hydrogen-bond donors (Lipinski definition) is 0. The van der Waals surface area contributed by atoms with Crippen molar-refractivity contribution in [2.75, 3.05) is 145 Å². The van der Waals surface area contributed by atoms with Gasteiger partial charge >= 0.3 is 0 Å². The Bertz CT molecular complexity index is 652. The Labute approximate surface area is 251 Å². The Kier molecular flexibility index (Phi) is 30.6. The molecule has 0 heterocycles. The highest BCUT2D eigenvalue weighted by Crippen LogP contribution is 2.07. The molecule has 0 fully saturated rings. The van der Waals surface area contributed by atoms with Crippen LogP contribution >= 0.6 is 0 Å². The zero-order chi connectivity index (χ0) is 29.9. The van der Waals surface area contributed by atoms with Crippen LogP contribution in [0.3, 0.4) is 0 Å². The largest absolute Gasteiger partial charge is 0.499 e. The predicted molar refractivity (Wildman–Crippen MR) is 156 cm³/mol. The average Bonchev–Trinajstić information content (AvgIpc) is 3.01. The molecular formula is C30H52O12. The van der Waals surface area contributed by atoms with Gasteiger partial charge in [-0.05, 0) is 12.1 Å². The molecule has 1 rings (SSSR count). The summed E-state index contributed by atoms with van der Waals surface area (Å²) in [5, 5.41) is 0. The van der Waals surface area contributed by atoms with Gasteiger partial charge in [-0.1, -0.05) is 24.8 Å². The lowest BCUT2D eigenvalue weighted by molar-refractivity contribution is -0.0271. The minimum atomic E-state index is 0.502. The number of ether oxygens (including phenoxy) is 12.